The molecule has 1 aliphatic heterocycles. The van der Waals surface area contributed by atoms with Crippen molar-refractivity contribution >= 4 is 21.8 Å². The van der Waals surface area contributed by atoms with E-state index in [1.54, 1.807) is 6.92 Å². The van der Waals surface area contributed by atoms with Crippen molar-refractivity contribution < 1.29 is 4.79 Å². The van der Waals surface area contributed by atoms with Gasteiger partial charge in [-0.2, -0.15) is 0 Å². The molecule has 0 spiro atoms. The minimum absolute atomic E-state index is 0.176. The molecule has 0 bridgehead atoms. The average molecular weight is 298 g/mol. The predicted octanol–water partition coefficient (Wildman–Crippen LogP) is 1.51. The van der Waals surface area contributed by atoms with Gasteiger partial charge in [-0.1, -0.05) is 6.07 Å². The Morgan fingerprint density at radius 1 is 1.35 bits per heavy atom. The van der Waals surface area contributed by atoms with E-state index in [1.807, 2.05) is 17.2 Å². The summed E-state index contributed by atoms with van der Waals surface area (Å²) in [4.78, 5) is 19.7. The zero-order valence-corrected chi connectivity index (χ0v) is 11.5. The number of hydrogen-bond donors (Lipinski definition) is 0. The second-order valence-electron chi connectivity index (χ2n) is 4.27. The Hall–Kier alpha value is -0.940. The van der Waals surface area contributed by atoms with Crippen LogP contribution in [-0.4, -0.2) is 46.9 Å². The van der Waals surface area contributed by atoms with E-state index in [4.69, 9.17) is 0 Å². The number of aromatic nitrogens is 1. The lowest BCUT2D eigenvalue weighted by Crippen LogP contribution is -2.47. The molecule has 0 atom stereocenters. The Morgan fingerprint density at radius 3 is 2.59 bits per heavy atom. The van der Waals surface area contributed by atoms with Gasteiger partial charge in [-0.05, 0) is 27.6 Å². The highest BCUT2D eigenvalue weighted by Gasteiger charge is 2.18. The summed E-state index contributed by atoms with van der Waals surface area (Å²) in [5.41, 5.74) is 1.21. The fraction of sp³-hybridized carbons (Fsp3) is 0.500. The maximum Gasteiger partial charge on any atom is 0.219 e. The Labute approximate surface area is 110 Å². The Balaban J connectivity index is 1.85. The van der Waals surface area contributed by atoms with E-state index in [9.17, 15) is 4.79 Å². The summed E-state index contributed by atoms with van der Waals surface area (Å²) in [5.74, 6) is 0.176. The van der Waals surface area contributed by atoms with Crippen LogP contribution in [0.15, 0.2) is 22.9 Å². The third-order valence-electron chi connectivity index (χ3n) is 3.01. The standard InChI is InChI=1S/C12H16BrN3O/c1-10(17)16-6-4-15(5-7-16)9-11-2-3-12(13)14-8-11/h2-3,8H,4-7,9H2,1H3. The normalized spacial score (nSPS) is 17.2. The number of rotatable bonds is 2. The molecule has 0 N–H and O–H groups in total. The van der Waals surface area contributed by atoms with Gasteiger partial charge in [0.25, 0.3) is 0 Å². The lowest BCUT2D eigenvalue weighted by Gasteiger charge is -2.34. The number of amides is 1. The van der Waals surface area contributed by atoms with Crippen molar-refractivity contribution in [3.8, 4) is 0 Å². The first-order valence-corrected chi connectivity index (χ1v) is 6.53. The quantitative estimate of drug-likeness (QED) is 0.777. The van der Waals surface area contributed by atoms with Crippen LogP contribution in [0.25, 0.3) is 0 Å². The molecule has 1 aromatic rings. The second kappa shape index (κ2) is 5.60. The van der Waals surface area contributed by atoms with Crippen molar-refractivity contribution in [1.82, 2.24) is 14.8 Å². The van der Waals surface area contributed by atoms with E-state index in [-0.39, 0.29) is 5.91 Å². The van der Waals surface area contributed by atoms with Crippen LogP contribution in [0.2, 0.25) is 0 Å². The topological polar surface area (TPSA) is 36.4 Å². The van der Waals surface area contributed by atoms with E-state index in [2.05, 4.69) is 31.9 Å². The molecule has 1 saturated heterocycles. The monoisotopic (exact) mass is 297 g/mol. The van der Waals surface area contributed by atoms with Gasteiger partial charge in [0.15, 0.2) is 0 Å². The molecular weight excluding hydrogens is 282 g/mol. The van der Waals surface area contributed by atoms with Gasteiger partial charge in [0.2, 0.25) is 5.91 Å². The minimum Gasteiger partial charge on any atom is -0.340 e. The zero-order valence-electron chi connectivity index (χ0n) is 9.90. The van der Waals surface area contributed by atoms with Gasteiger partial charge in [-0.25, -0.2) is 4.98 Å². The average Bonchev–Trinajstić information content (AvgIpc) is 2.33. The van der Waals surface area contributed by atoms with Crippen molar-refractivity contribution in [3.63, 3.8) is 0 Å². The second-order valence-corrected chi connectivity index (χ2v) is 5.08. The summed E-state index contributed by atoms with van der Waals surface area (Å²) in [7, 11) is 0. The maximum absolute atomic E-state index is 11.2. The fourth-order valence-corrected chi connectivity index (χ4v) is 2.21. The van der Waals surface area contributed by atoms with Gasteiger partial charge in [0.1, 0.15) is 4.60 Å². The van der Waals surface area contributed by atoms with Crippen molar-refractivity contribution in [2.75, 3.05) is 26.2 Å². The van der Waals surface area contributed by atoms with Crippen LogP contribution in [0.5, 0.6) is 0 Å². The third-order valence-corrected chi connectivity index (χ3v) is 3.48. The largest absolute Gasteiger partial charge is 0.340 e. The molecule has 0 aliphatic carbocycles. The third kappa shape index (κ3) is 3.51. The Bertz CT molecular complexity index is 385. The number of nitrogens with zero attached hydrogens (tertiary/aromatic N) is 3. The van der Waals surface area contributed by atoms with Crippen LogP contribution < -0.4 is 0 Å². The first-order chi connectivity index (χ1) is 8.15. The highest BCUT2D eigenvalue weighted by Crippen LogP contribution is 2.10. The van der Waals surface area contributed by atoms with E-state index in [1.165, 1.54) is 5.56 Å². The van der Waals surface area contributed by atoms with E-state index in [0.29, 0.717) is 0 Å². The molecule has 17 heavy (non-hydrogen) atoms. The van der Waals surface area contributed by atoms with Crippen molar-refractivity contribution in [2.24, 2.45) is 0 Å². The van der Waals surface area contributed by atoms with Crippen LogP contribution in [0, 0.1) is 0 Å². The molecule has 4 nitrogen and oxygen atoms in total. The van der Waals surface area contributed by atoms with E-state index < -0.39 is 0 Å². The molecule has 5 heteroatoms. The molecule has 92 valence electrons. The van der Waals surface area contributed by atoms with E-state index >= 15 is 0 Å². The molecule has 1 amide bonds. The number of pyridine rings is 1. The molecule has 2 heterocycles. The molecule has 1 aromatic heterocycles. The Morgan fingerprint density at radius 2 is 2.06 bits per heavy atom. The summed E-state index contributed by atoms with van der Waals surface area (Å²) in [6.07, 6.45) is 1.89. The summed E-state index contributed by atoms with van der Waals surface area (Å²) in [6, 6.07) is 4.04. The summed E-state index contributed by atoms with van der Waals surface area (Å²) in [5, 5.41) is 0. The minimum atomic E-state index is 0.176. The first-order valence-electron chi connectivity index (χ1n) is 5.73. The van der Waals surface area contributed by atoms with Gasteiger partial charge in [-0.3, -0.25) is 9.69 Å². The lowest BCUT2D eigenvalue weighted by atomic mass is 10.2. The Kier molecular flexibility index (Phi) is 4.12. The van der Waals surface area contributed by atoms with Crippen molar-refractivity contribution in [3.05, 3.63) is 28.5 Å². The summed E-state index contributed by atoms with van der Waals surface area (Å²) < 4.78 is 0.864. The molecule has 0 aromatic carbocycles. The van der Waals surface area contributed by atoms with Crippen LogP contribution in [0.3, 0.4) is 0 Å². The molecule has 0 radical (unpaired) electrons. The van der Waals surface area contributed by atoms with Crippen molar-refractivity contribution in [2.45, 2.75) is 13.5 Å². The summed E-state index contributed by atoms with van der Waals surface area (Å²) >= 11 is 3.33. The van der Waals surface area contributed by atoms with Gasteiger partial charge >= 0.3 is 0 Å². The van der Waals surface area contributed by atoms with Crippen LogP contribution in [-0.2, 0) is 11.3 Å². The van der Waals surface area contributed by atoms with Gasteiger partial charge in [0, 0.05) is 45.8 Å². The van der Waals surface area contributed by atoms with Crippen LogP contribution in [0.4, 0.5) is 0 Å². The maximum atomic E-state index is 11.2. The number of carbonyl (C=O) groups excluding carboxylic acids is 1. The molecule has 2 rings (SSSR count). The molecular formula is C12H16BrN3O. The number of carbonyl (C=O) groups is 1. The smallest absolute Gasteiger partial charge is 0.219 e. The molecule has 1 aliphatic rings. The molecule has 0 saturated carbocycles. The highest BCUT2D eigenvalue weighted by molar-refractivity contribution is 9.10. The highest BCUT2D eigenvalue weighted by atomic mass is 79.9. The number of piperazine rings is 1. The lowest BCUT2D eigenvalue weighted by molar-refractivity contribution is -0.130. The van der Waals surface area contributed by atoms with Gasteiger partial charge in [0.05, 0.1) is 0 Å². The summed E-state index contributed by atoms with van der Waals surface area (Å²) in [6.45, 7) is 6.09. The number of hydrogen-bond acceptors (Lipinski definition) is 3. The number of halogens is 1. The molecule has 0 unspecified atom stereocenters. The van der Waals surface area contributed by atoms with Crippen molar-refractivity contribution in [1.29, 1.82) is 0 Å². The van der Waals surface area contributed by atoms with Gasteiger partial charge in [-0.15, -0.1) is 0 Å². The predicted molar refractivity (Wildman–Crippen MR) is 69.5 cm³/mol. The first kappa shape index (κ1) is 12.5. The van der Waals surface area contributed by atoms with Gasteiger partial charge < -0.3 is 4.90 Å². The van der Waals surface area contributed by atoms with E-state index in [0.717, 1.165) is 37.3 Å². The SMILES string of the molecule is CC(=O)N1CCN(Cc2ccc(Br)nc2)CC1. The van der Waals surface area contributed by atoms with Crippen LogP contribution >= 0.6 is 15.9 Å². The van der Waals surface area contributed by atoms with Crippen LogP contribution in [0.1, 0.15) is 12.5 Å². The molecule has 1 fully saturated rings. The fourth-order valence-electron chi connectivity index (χ4n) is 1.98. The zero-order chi connectivity index (χ0) is 12.3.